The molecule has 3 rings (SSSR count). The Balaban J connectivity index is 1.57. The van der Waals surface area contributed by atoms with Crippen molar-refractivity contribution < 1.29 is 4.79 Å². The first-order valence-corrected chi connectivity index (χ1v) is 8.86. The molecule has 0 saturated carbocycles. The van der Waals surface area contributed by atoms with E-state index >= 15 is 0 Å². The van der Waals surface area contributed by atoms with Gasteiger partial charge in [-0.2, -0.15) is 0 Å². The number of halogens is 1. The lowest BCUT2D eigenvalue weighted by Gasteiger charge is -2.17. The van der Waals surface area contributed by atoms with E-state index in [1.165, 1.54) is 5.56 Å². The molecule has 0 fully saturated rings. The zero-order chi connectivity index (χ0) is 18.4. The van der Waals surface area contributed by atoms with Crippen LogP contribution in [0.4, 0.5) is 5.69 Å². The van der Waals surface area contributed by atoms with Crippen LogP contribution in [0.25, 0.3) is 0 Å². The number of rotatable bonds is 6. The molecule has 4 heteroatoms. The van der Waals surface area contributed by atoms with E-state index in [0.717, 1.165) is 29.4 Å². The second-order valence-corrected chi connectivity index (χ2v) is 6.76. The third-order valence-electron chi connectivity index (χ3n) is 4.04. The van der Waals surface area contributed by atoms with Crippen molar-refractivity contribution in [1.82, 2.24) is 4.90 Å². The molecule has 0 radical (unpaired) electrons. The fourth-order valence-electron chi connectivity index (χ4n) is 2.80. The maximum atomic E-state index is 12.3. The highest BCUT2D eigenvalue weighted by atomic mass is 35.5. The van der Waals surface area contributed by atoms with Crippen LogP contribution in [0.1, 0.15) is 21.5 Å². The van der Waals surface area contributed by atoms with Gasteiger partial charge in [0.2, 0.25) is 0 Å². The van der Waals surface area contributed by atoms with Crippen LogP contribution in [0.3, 0.4) is 0 Å². The largest absolute Gasteiger partial charge is 0.322 e. The Kier molecular flexibility index (Phi) is 6.05. The number of amides is 1. The number of para-hydroxylation sites is 1. The number of nitrogens with zero attached hydrogens (tertiary/aromatic N) is 1. The Bertz CT molecular complexity index is 863. The highest BCUT2D eigenvalue weighted by Crippen LogP contribution is 2.14. The lowest BCUT2D eigenvalue weighted by molar-refractivity contribution is 0.102. The van der Waals surface area contributed by atoms with Gasteiger partial charge in [-0.3, -0.25) is 9.69 Å². The van der Waals surface area contributed by atoms with Crippen LogP contribution < -0.4 is 5.32 Å². The van der Waals surface area contributed by atoms with Crippen molar-refractivity contribution in [2.75, 3.05) is 12.4 Å². The number of carbonyl (C=O) groups is 1. The molecule has 0 unspecified atom stereocenters. The van der Waals surface area contributed by atoms with Crippen LogP contribution in [0.15, 0.2) is 78.9 Å². The number of hydrogen-bond acceptors (Lipinski definition) is 2. The zero-order valence-corrected chi connectivity index (χ0v) is 15.4. The van der Waals surface area contributed by atoms with E-state index < -0.39 is 0 Å². The summed E-state index contributed by atoms with van der Waals surface area (Å²) in [5.74, 6) is -0.102. The Hall–Kier alpha value is -2.62. The van der Waals surface area contributed by atoms with E-state index in [4.69, 9.17) is 11.6 Å². The number of hydrogen-bond donors (Lipinski definition) is 1. The first-order valence-electron chi connectivity index (χ1n) is 8.48. The Morgan fingerprint density at radius 3 is 2.27 bits per heavy atom. The van der Waals surface area contributed by atoms with Gasteiger partial charge in [0, 0.05) is 29.4 Å². The minimum Gasteiger partial charge on any atom is -0.322 e. The van der Waals surface area contributed by atoms with E-state index in [1.54, 1.807) is 0 Å². The van der Waals surface area contributed by atoms with Crippen LogP contribution in [0.5, 0.6) is 0 Å². The van der Waals surface area contributed by atoms with Gasteiger partial charge < -0.3 is 5.32 Å². The van der Waals surface area contributed by atoms with Gasteiger partial charge >= 0.3 is 0 Å². The van der Waals surface area contributed by atoms with Crippen molar-refractivity contribution in [2.24, 2.45) is 0 Å². The van der Waals surface area contributed by atoms with Crippen molar-refractivity contribution >= 4 is 23.2 Å². The van der Waals surface area contributed by atoms with Gasteiger partial charge in [-0.15, -0.1) is 0 Å². The second-order valence-electron chi connectivity index (χ2n) is 6.32. The molecular formula is C22H21ClN2O. The Labute approximate surface area is 159 Å². The molecule has 0 spiro atoms. The molecule has 3 aromatic rings. The predicted molar refractivity (Wildman–Crippen MR) is 107 cm³/mol. The summed E-state index contributed by atoms with van der Waals surface area (Å²) >= 11 is 6.04. The zero-order valence-electron chi connectivity index (χ0n) is 14.7. The highest BCUT2D eigenvalue weighted by Gasteiger charge is 2.07. The van der Waals surface area contributed by atoms with E-state index in [0.29, 0.717) is 5.56 Å². The van der Waals surface area contributed by atoms with Crippen LogP contribution in [-0.2, 0) is 13.1 Å². The van der Waals surface area contributed by atoms with Gasteiger partial charge in [0.25, 0.3) is 5.91 Å². The minimum absolute atomic E-state index is 0.102. The van der Waals surface area contributed by atoms with Crippen LogP contribution in [0, 0.1) is 0 Å². The van der Waals surface area contributed by atoms with E-state index in [1.807, 2.05) is 72.8 Å². The maximum absolute atomic E-state index is 12.3. The average molecular weight is 365 g/mol. The van der Waals surface area contributed by atoms with Gasteiger partial charge in [0.05, 0.1) is 0 Å². The fraction of sp³-hybridized carbons (Fsp3) is 0.136. The molecule has 0 aliphatic rings. The molecule has 3 nitrogen and oxygen atoms in total. The monoisotopic (exact) mass is 364 g/mol. The summed E-state index contributed by atoms with van der Waals surface area (Å²) in [7, 11) is 2.07. The van der Waals surface area contributed by atoms with E-state index in [2.05, 4.69) is 23.3 Å². The van der Waals surface area contributed by atoms with Crippen molar-refractivity contribution in [3.8, 4) is 0 Å². The summed E-state index contributed by atoms with van der Waals surface area (Å²) < 4.78 is 0. The minimum atomic E-state index is -0.102. The van der Waals surface area contributed by atoms with Gasteiger partial charge in [0.1, 0.15) is 0 Å². The first-order chi connectivity index (χ1) is 12.6. The van der Waals surface area contributed by atoms with Gasteiger partial charge in [-0.05, 0) is 54.6 Å². The number of nitrogens with one attached hydrogen (secondary N) is 1. The topological polar surface area (TPSA) is 32.3 Å². The summed E-state index contributed by atoms with van der Waals surface area (Å²) in [6, 6.07) is 25.1. The first kappa shape index (κ1) is 18.2. The quantitative estimate of drug-likeness (QED) is 0.650. The molecule has 0 heterocycles. The summed E-state index contributed by atoms with van der Waals surface area (Å²) in [5, 5.41) is 3.65. The van der Waals surface area contributed by atoms with E-state index in [9.17, 15) is 4.79 Å². The molecule has 0 saturated heterocycles. The standard InChI is InChI=1S/C22H21ClN2O/c1-25(16-18-6-5-7-20(23)14-18)15-17-10-12-19(13-11-17)22(26)24-21-8-3-2-4-9-21/h2-14H,15-16H2,1H3,(H,24,26). The molecule has 26 heavy (non-hydrogen) atoms. The molecule has 1 amide bonds. The molecule has 0 bridgehead atoms. The van der Waals surface area contributed by atoms with Gasteiger partial charge in [-0.1, -0.05) is 54.1 Å². The highest BCUT2D eigenvalue weighted by molar-refractivity contribution is 6.30. The molecular weight excluding hydrogens is 344 g/mol. The third kappa shape index (κ3) is 5.19. The second kappa shape index (κ2) is 8.65. The lowest BCUT2D eigenvalue weighted by atomic mass is 10.1. The Morgan fingerprint density at radius 1 is 0.885 bits per heavy atom. The molecule has 0 aromatic heterocycles. The lowest BCUT2D eigenvalue weighted by Crippen LogP contribution is -2.17. The molecule has 0 aliphatic carbocycles. The molecule has 3 aromatic carbocycles. The summed E-state index contributed by atoms with van der Waals surface area (Å²) in [6.07, 6.45) is 0. The normalized spacial score (nSPS) is 10.7. The average Bonchev–Trinajstić information content (AvgIpc) is 2.63. The van der Waals surface area contributed by atoms with Crippen LogP contribution in [0.2, 0.25) is 5.02 Å². The van der Waals surface area contributed by atoms with Crippen LogP contribution in [-0.4, -0.2) is 17.9 Å². The number of anilines is 1. The van der Waals surface area contributed by atoms with Crippen LogP contribution >= 0.6 is 11.6 Å². The van der Waals surface area contributed by atoms with E-state index in [-0.39, 0.29) is 5.91 Å². The Morgan fingerprint density at radius 2 is 1.58 bits per heavy atom. The number of benzene rings is 3. The molecule has 0 atom stereocenters. The summed E-state index contributed by atoms with van der Waals surface area (Å²) in [5.41, 5.74) is 3.78. The maximum Gasteiger partial charge on any atom is 0.255 e. The van der Waals surface area contributed by atoms with Gasteiger partial charge in [0.15, 0.2) is 0 Å². The molecule has 132 valence electrons. The van der Waals surface area contributed by atoms with Crippen molar-refractivity contribution in [2.45, 2.75) is 13.1 Å². The smallest absolute Gasteiger partial charge is 0.255 e. The summed E-state index contributed by atoms with van der Waals surface area (Å²) in [4.78, 5) is 14.5. The number of carbonyl (C=O) groups excluding carboxylic acids is 1. The van der Waals surface area contributed by atoms with Gasteiger partial charge in [-0.25, -0.2) is 0 Å². The summed E-state index contributed by atoms with van der Waals surface area (Å²) in [6.45, 7) is 1.61. The van der Waals surface area contributed by atoms with Crippen molar-refractivity contribution in [3.63, 3.8) is 0 Å². The van der Waals surface area contributed by atoms with Crippen molar-refractivity contribution in [3.05, 3.63) is 101 Å². The molecule has 0 aliphatic heterocycles. The SMILES string of the molecule is CN(Cc1ccc(C(=O)Nc2ccccc2)cc1)Cc1cccc(Cl)c1. The third-order valence-corrected chi connectivity index (χ3v) is 4.28. The predicted octanol–water partition coefficient (Wildman–Crippen LogP) is 5.22. The van der Waals surface area contributed by atoms with Crippen molar-refractivity contribution in [1.29, 1.82) is 0 Å². The fourth-order valence-corrected chi connectivity index (χ4v) is 3.01. The molecule has 1 N–H and O–H groups in total.